The lowest BCUT2D eigenvalue weighted by atomic mass is 9.98. The van der Waals surface area contributed by atoms with Crippen molar-refractivity contribution >= 4 is 17.6 Å². The van der Waals surface area contributed by atoms with Crippen LogP contribution in [0.5, 0.6) is 0 Å². The van der Waals surface area contributed by atoms with Crippen molar-refractivity contribution in [3.63, 3.8) is 0 Å². The number of carbonyl (C=O) groups excluding carboxylic acids is 1. The van der Waals surface area contributed by atoms with Gasteiger partial charge in [0.1, 0.15) is 6.61 Å². The van der Waals surface area contributed by atoms with Crippen LogP contribution in [-0.4, -0.2) is 30.2 Å². The zero-order valence-electron chi connectivity index (χ0n) is 11.9. The maximum atomic E-state index is 11.5. The fourth-order valence-corrected chi connectivity index (χ4v) is 1.78. The molecule has 0 saturated heterocycles. The van der Waals surface area contributed by atoms with Crippen LogP contribution in [0, 0.1) is 0 Å². The van der Waals surface area contributed by atoms with E-state index < -0.39 is 5.97 Å². The summed E-state index contributed by atoms with van der Waals surface area (Å²) in [6.45, 7) is 4.46. The molecule has 1 unspecified atom stereocenters. The summed E-state index contributed by atoms with van der Waals surface area (Å²) in [6.07, 6.45) is 0.972. The third kappa shape index (κ3) is 5.84. The fraction of sp³-hybridized carbons (Fsp3) is 0.467. The van der Waals surface area contributed by atoms with E-state index >= 15 is 0 Å². The average molecular weight is 279 g/mol. The van der Waals surface area contributed by atoms with Crippen LogP contribution in [-0.2, 0) is 14.3 Å². The number of amides is 1. The maximum absolute atomic E-state index is 11.5. The second kappa shape index (κ2) is 8.32. The molecule has 0 radical (unpaired) electrons. The second-order valence-corrected chi connectivity index (χ2v) is 4.72. The minimum absolute atomic E-state index is 0.0466. The van der Waals surface area contributed by atoms with E-state index in [1.165, 1.54) is 0 Å². The summed E-state index contributed by atoms with van der Waals surface area (Å²) < 4.78 is 5.15. The smallest absolute Gasteiger partial charge is 0.303 e. The van der Waals surface area contributed by atoms with E-state index in [1.54, 1.807) is 12.1 Å². The van der Waals surface area contributed by atoms with Crippen LogP contribution in [0.4, 0.5) is 5.69 Å². The first-order chi connectivity index (χ1) is 9.52. The predicted octanol–water partition coefficient (Wildman–Crippen LogP) is 2.63. The van der Waals surface area contributed by atoms with Crippen molar-refractivity contribution < 1.29 is 19.4 Å². The molecule has 0 spiro atoms. The quantitative estimate of drug-likeness (QED) is 0.717. The monoisotopic (exact) mass is 279 g/mol. The third-order valence-corrected chi connectivity index (χ3v) is 2.83. The fourth-order valence-electron chi connectivity index (χ4n) is 1.78. The predicted molar refractivity (Wildman–Crippen MR) is 76.8 cm³/mol. The van der Waals surface area contributed by atoms with Crippen molar-refractivity contribution in [1.82, 2.24) is 0 Å². The summed E-state index contributed by atoms with van der Waals surface area (Å²) in [5, 5.41) is 11.5. The topological polar surface area (TPSA) is 75.6 Å². The zero-order chi connectivity index (χ0) is 15.0. The SMILES string of the molecule is CCCOCC(=O)Nc1ccc(C(C)CC(=O)O)cc1. The normalized spacial score (nSPS) is 11.9. The Morgan fingerprint density at radius 2 is 1.95 bits per heavy atom. The average Bonchev–Trinajstić information content (AvgIpc) is 2.39. The number of carboxylic acid groups (broad SMARTS) is 1. The van der Waals surface area contributed by atoms with E-state index in [4.69, 9.17) is 9.84 Å². The molecule has 0 fully saturated rings. The van der Waals surface area contributed by atoms with Crippen LogP contribution >= 0.6 is 0 Å². The molecule has 5 nitrogen and oxygen atoms in total. The van der Waals surface area contributed by atoms with Gasteiger partial charge in [-0.3, -0.25) is 9.59 Å². The van der Waals surface area contributed by atoms with Crippen molar-refractivity contribution in [1.29, 1.82) is 0 Å². The first kappa shape index (κ1) is 16.2. The third-order valence-electron chi connectivity index (χ3n) is 2.83. The van der Waals surface area contributed by atoms with Gasteiger partial charge in [0.05, 0.1) is 6.42 Å². The molecule has 0 aliphatic heterocycles. The van der Waals surface area contributed by atoms with Gasteiger partial charge in [-0.2, -0.15) is 0 Å². The Balaban J connectivity index is 2.49. The molecule has 5 heteroatoms. The Kier molecular flexibility index (Phi) is 6.73. The van der Waals surface area contributed by atoms with Gasteiger partial charge in [-0.25, -0.2) is 0 Å². The van der Waals surface area contributed by atoms with Crippen LogP contribution in [0.1, 0.15) is 38.2 Å². The molecule has 1 aromatic rings. The van der Waals surface area contributed by atoms with Gasteiger partial charge in [-0.1, -0.05) is 26.0 Å². The number of anilines is 1. The number of aliphatic carboxylic acids is 1. The lowest BCUT2D eigenvalue weighted by Crippen LogP contribution is -2.18. The molecule has 1 rings (SSSR count). The van der Waals surface area contributed by atoms with Gasteiger partial charge in [0, 0.05) is 12.3 Å². The first-order valence-electron chi connectivity index (χ1n) is 6.72. The van der Waals surface area contributed by atoms with Gasteiger partial charge in [0.15, 0.2) is 0 Å². The van der Waals surface area contributed by atoms with E-state index in [0.717, 1.165) is 12.0 Å². The standard InChI is InChI=1S/C15H21NO4/c1-3-8-20-10-14(17)16-13-6-4-12(5-7-13)11(2)9-15(18)19/h4-7,11H,3,8-10H2,1-2H3,(H,16,17)(H,18,19). The van der Waals surface area contributed by atoms with Crippen molar-refractivity contribution in [3.8, 4) is 0 Å². The van der Waals surface area contributed by atoms with E-state index in [1.807, 2.05) is 26.0 Å². The Labute approximate surface area is 118 Å². The van der Waals surface area contributed by atoms with Crippen molar-refractivity contribution in [2.75, 3.05) is 18.5 Å². The molecule has 0 bridgehead atoms. The van der Waals surface area contributed by atoms with E-state index in [0.29, 0.717) is 12.3 Å². The van der Waals surface area contributed by atoms with Crippen molar-refractivity contribution in [2.45, 2.75) is 32.6 Å². The summed E-state index contributed by atoms with van der Waals surface area (Å²) >= 11 is 0. The lowest BCUT2D eigenvalue weighted by molar-refractivity contribution is -0.137. The van der Waals surface area contributed by atoms with Crippen LogP contribution in [0.15, 0.2) is 24.3 Å². The number of carboxylic acids is 1. The molecule has 1 amide bonds. The van der Waals surface area contributed by atoms with Crippen molar-refractivity contribution in [2.24, 2.45) is 0 Å². The molecule has 1 atom stereocenters. The molecular weight excluding hydrogens is 258 g/mol. The van der Waals surface area contributed by atoms with Gasteiger partial charge in [0.2, 0.25) is 5.91 Å². The van der Waals surface area contributed by atoms with E-state index in [9.17, 15) is 9.59 Å². The van der Waals surface area contributed by atoms with E-state index in [-0.39, 0.29) is 24.9 Å². The molecule has 110 valence electrons. The lowest BCUT2D eigenvalue weighted by Gasteiger charge is -2.10. The summed E-state index contributed by atoms with van der Waals surface area (Å²) in [5.74, 6) is -1.06. The summed E-state index contributed by atoms with van der Waals surface area (Å²) in [6, 6.07) is 7.20. The highest BCUT2D eigenvalue weighted by Gasteiger charge is 2.10. The Hall–Kier alpha value is -1.88. The Morgan fingerprint density at radius 3 is 2.50 bits per heavy atom. The summed E-state index contributed by atoms with van der Waals surface area (Å²) in [4.78, 5) is 22.2. The van der Waals surface area contributed by atoms with Gasteiger partial charge in [-0.15, -0.1) is 0 Å². The highest BCUT2D eigenvalue weighted by Crippen LogP contribution is 2.20. The minimum atomic E-state index is -0.817. The molecule has 0 aliphatic rings. The zero-order valence-corrected chi connectivity index (χ0v) is 11.9. The molecule has 0 heterocycles. The summed E-state index contributed by atoms with van der Waals surface area (Å²) in [5.41, 5.74) is 1.62. The van der Waals surface area contributed by atoms with Crippen LogP contribution in [0.2, 0.25) is 0 Å². The Morgan fingerprint density at radius 1 is 1.30 bits per heavy atom. The van der Waals surface area contributed by atoms with Crippen LogP contribution in [0.25, 0.3) is 0 Å². The molecular formula is C15H21NO4. The second-order valence-electron chi connectivity index (χ2n) is 4.72. The number of rotatable bonds is 8. The van der Waals surface area contributed by atoms with E-state index in [2.05, 4.69) is 5.32 Å². The number of carbonyl (C=O) groups is 2. The number of nitrogens with one attached hydrogen (secondary N) is 1. The largest absolute Gasteiger partial charge is 0.481 e. The molecule has 0 aliphatic carbocycles. The first-order valence-corrected chi connectivity index (χ1v) is 6.72. The number of benzene rings is 1. The highest BCUT2D eigenvalue weighted by molar-refractivity contribution is 5.91. The van der Waals surface area contributed by atoms with Gasteiger partial charge in [-0.05, 0) is 30.0 Å². The number of ether oxygens (including phenoxy) is 1. The maximum Gasteiger partial charge on any atom is 0.303 e. The highest BCUT2D eigenvalue weighted by atomic mass is 16.5. The van der Waals surface area contributed by atoms with Gasteiger partial charge in [0.25, 0.3) is 0 Å². The number of hydrogen-bond donors (Lipinski definition) is 2. The summed E-state index contributed by atoms with van der Waals surface area (Å²) in [7, 11) is 0. The molecule has 0 saturated carbocycles. The van der Waals surface area contributed by atoms with Gasteiger partial charge >= 0.3 is 5.97 Å². The molecule has 1 aromatic carbocycles. The van der Waals surface area contributed by atoms with Crippen molar-refractivity contribution in [3.05, 3.63) is 29.8 Å². The Bertz CT molecular complexity index is 442. The molecule has 20 heavy (non-hydrogen) atoms. The van der Waals surface area contributed by atoms with Crippen LogP contribution < -0.4 is 5.32 Å². The van der Waals surface area contributed by atoms with Crippen LogP contribution in [0.3, 0.4) is 0 Å². The minimum Gasteiger partial charge on any atom is -0.481 e. The van der Waals surface area contributed by atoms with Gasteiger partial charge < -0.3 is 15.2 Å². The number of hydrogen-bond acceptors (Lipinski definition) is 3. The molecule has 0 aromatic heterocycles. The molecule has 2 N–H and O–H groups in total.